The van der Waals surface area contributed by atoms with Crippen LogP contribution >= 0.6 is 0 Å². The lowest BCUT2D eigenvalue weighted by atomic mass is 10.1. The van der Waals surface area contributed by atoms with Crippen LogP contribution in [-0.4, -0.2) is 48.6 Å². The van der Waals surface area contributed by atoms with E-state index in [1.54, 1.807) is 0 Å². The number of amides is 2. The van der Waals surface area contributed by atoms with Crippen molar-refractivity contribution in [2.75, 3.05) is 19.7 Å². The lowest BCUT2D eigenvalue weighted by Crippen LogP contribution is -2.59. The summed E-state index contributed by atoms with van der Waals surface area (Å²) < 4.78 is 5.45. The fraction of sp³-hybridized carbons (Fsp3) is 0.818. The molecule has 0 bridgehead atoms. The molecule has 0 radical (unpaired) electrons. The number of imide groups is 1. The second-order valence-electron chi connectivity index (χ2n) is 4.32. The van der Waals surface area contributed by atoms with Gasteiger partial charge in [-0.2, -0.15) is 0 Å². The van der Waals surface area contributed by atoms with Crippen LogP contribution in [0.3, 0.4) is 0 Å². The van der Waals surface area contributed by atoms with Crippen LogP contribution in [0.15, 0.2) is 0 Å². The predicted octanol–water partition coefficient (Wildman–Crippen LogP) is -0.0976. The average molecular weight is 226 g/mol. The van der Waals surface area contributed by atoms with Crippen molar-refractivity contribution < 1.29 is 14.3 Å². The summed E-state index contributed by atoms with van der Waals surface area (Å²) in [6.45, 7) is 3.37. The highest BCUT2D eigenvalue weighted by molar-refractivity contribution is 6.01. The summed E-state index contributed by atoms with van der Waals surface area (Å²) in [5.74, 6) is -0.237. The first-order valence-corrected chi connectivity index (χ1v) is 5.91. The van der Waals surface area contributed by atoms with Gasteiger partial charge in [-0.25, -0.2) is 0 Å². The lowest BCUT2D eigenvalue weighted by molar-refractivity contribution is -0.151. The van der Waals surface area contributed by atoms with Gasteiger partial charge in [0.15, 0.2) is 0 Å². The maximum Gasteiger partial charge on any atom is 0.246 e. The molecule has 5 heteroatoms. The number of nitrogens with one attached hydrogen (secondary N) is 1. The molecule has 2 amide bonds. The number of carbonyl (C=O) groups is 2. The van der Waals surface area contributed by atoms with Gasteiger partial charge in [0.25, 0.3) is 0 Å². The van der Waals surface area contributed by atoms with Crippen LogP contribution in [0.5, 0.6) is 0 Å². The third-order valence-corrected chi connectivity index (χ3v) is 3.18. The van der Waals surface area contributed by atoms with Crippen molar-refractivity contribution in [3.05, 3.63) is 0 Å². The van der Waals surface area contributed by atoms with Crippen LogP contribution in [0, 0.1) is 0 Å². The van der Waals surface area contributed by atoms with Crippen molar-refractivity contribution in [2.45, 2.75) is 38.3 Å². The van der Waals surface area contributed by atoms with Gasteiger partial charge in [-0.05, 0) is 19.3 Å². The van der Waals surface area contributed by atoms with Crippen molar-refractivity contribution in [3.8, 4) is 0 Å². The SMILES string of the molecule is CCC1NCC(=O)N(CC2CCCO2)C1=O. The summed E-state index contributed by atoms with van der Waals surface area (Å²) >= 11 is 0. The molecule has 2 fully saturated rings. The van der Waals surface area contributed by atoms with E-state index in [1.807, 2.05) is 6.92 Å². The molecule has 5 nitrogen and oxygen atoms in total. The summed E-state index contributed by atoms with van der Waals surface area (Å²) in [7, 11) is 0. The molecule has 0 aromatic heterocycles. The van der Waals surface area contributed by atoms with Gasteiger partial charge in [-0.15, -0.1) is 0 Å². The molecule has 90 valence electrons. The molecule has 0 spiro atoms. The average Bonchev–Trinajstić information content (AvgIpc) is 2.77. The molecule has 0 aromatic rings. The quantitative estimate of drug-likeness (QED) is 0.683. The maximum atomic E-state index is 11.9. The fourth-order valence-corrected chi connectivity index (χ4v) is 2.21. The lowest BCUT2D eigenvalue weighted by Gasteiger charge is -2.32. The Kier molecular flexibility index (Phi) is 3.56. The molecule has 2 rings (SSSR count). The van der Waals surface area contributed by atoms with E-state index in [9.17, 15) is 9.59 Å². The Labute approximate surface area is 95.1 Å². The molecule has 2 aliphatic heterocycles. The number of carbonyl (C=O) groups excluding carboxylic acids is 2. The highest BCUT2D eigenvalue weighted by atomic mass is 16.5. The summed E-state index contributed by atoms with van der Waals surface area (Å²) in [4.78, 5) is 24.9. The van der Waals surface area contributed by atoms with Gasteiger partial charge < -0.3 is 4.74 Å². The normalized spacial score (nSPS) is 31.2. The number of hydrogen-bond acceptors (Lipinski definition) is 4. The van der Waals surface area contributed by atoms with Crippen molar-refractivity contribution >= 4 is 11.8 Å². The van der Waals surface area contributed by atoms with Gasteiger partial charge in [0.2, 0.25) is 11.8 Å². The molecule has 2 heterocycles. The van der Waals surface area contributed by atoms with Crippen molar-refractivity contribution in [2.24, 2.45) is 0 Å². The zero-order valence-electron chi connectivity index (χ0n) is 9.57. The predicted molar refractivity (Wildman–Crippen MR) is 57.8 cm³/mol. The van der Waals surface area contributed by atoms with Gasteiger partial charge in [0.05, 0.1) is 25.2 Å². The molecule has 16 heavy (non-hydrogen) atoms. The van der Waals surface area contributed by atoms with Gasteiger partial charge in [0.1, 0.15) is 0 Å². The molecular formula is C11H18N2O3. The third-order valence-electron chi connectivity index (χ3n) is 3.18. The van der Waals surface area contributed by atoms with Crippen LogP contribution in [0.4, 0.5) is 0 Å². The first-order chi connectivity index (χ1) is 7.72. The molecule has 2 saturated heterocycles. The van der Waals surface area contributed by atoms with Gasteiger partial charge in [0, 0.05) is 6.61 Å². The Hall–Kier alpha value is -0.940. The van der Waals surface area contributed by atoms with Gasteiger partial charge >= 0.3 is 0 Å². The highest BCUT2D eigenvalue weighted by Gasteiger charge is 2.34. The van der Waals surface area contributed by atoms with Crippen LogP contribution in [0.25, 0.3) is 0 Å². The second kappa shape index (κ2) is 4.93. The molecule has 0 aromatic carbocycles. The smallest absolute Gasteiger partial charge is 0.246 e. The minimum atomic E-state index is -0.209. The van der Waals surface area contributed by atoms with Crippen LogP contribution in [-0.2, 0) is 14.3 Å². The Bertz CT molecular complexity index is 287. The Morgan fingerprint density at radius 3 is 2.94 bits per heavy atom. The molecule has 2 atom stereocenters. The van der Waals surface area contributed by atoms with E-state index >= 15 is 0 Å². The molecule has 1 N–H and O–H groups in total. The molecule has 0 aliphatic carbocycles. The Morgan fingerprint density at radius 1 is 1.50 bits per heavy atom. The zero-order valence-corrected chi connectivity index (χ0v) is 9.57. The number of nitrogens with zero attached hydrogens (tertiary/aromatic N) is 1. The number of hydrogen-bond donors (Lipinski definition) is 1. The summed E-state index contributed by atoms with van der Waals surface area (Å²) in [5, 5.41) is 2.94. The number of rotatable bonds is 3. The topological polar surface area (TPSA) is 58.6 Å². The van der Waals surface area contributed by atoms with E-state index in [1.165, 1.54) is 4.90 Å². The Morgan fingerprint density at radius 2 is 2.31 bits per heavy atom. The van der Waals surface area contributed by atoms with Crippen LogP contribution in [0.1, 0.15) is 26.2 Å². The molecular weight excluding hydrogens is 208 g/mol. The summed E-state index contributed by atoms with van der Waals surface area (Å²) in [6, 6.07) is -0.209. The minimum Gasteiger partial charge on any atom is -0.376 e. The van der Waals surface area contributed by atoms with E-state index < -0.39 is 0 Å². The van der Waals surface area contributed by atoms with Gasteiger partial charge in [-0.3, -0.25) is 19.8 Å². The molecule has 0 saturated carbocycles. The van der Waals surface area contributed by atoms with Crippen molar-refractivity contribution in [1.82, 2.24) is 10.2 Å². The molecule has 2 unspecified atom stereocenters. The van der Waals surface area contributed by atoms with Crippen LogP contribution < -0.4 is 5.32 Å². The third kappa shape index (κ3) is 2.25. The fourth-order valence-electron chi connectivity index (χ4n) is 2.21. The van der Waals surface area contributed by atoms with Crippen molar-refractivity contribution in [1.29, 1.82) is 0 Å². The van der Waals surface area contributed by atoms with Crippen molar-refractivity contribution in [3.63, 3.8) is 0 Å². The second-order valence-corrected chi connectivity index (χ2v) is 4.32. The highest BCUT2D eigenvalue weighted by Crippen LogP contribution is 2.15. The molecule has 2 aliphatic rings. The Balaban J connectivity index is 1.98. The standard InChI is InChI=1S/C11H18N2O3/c1-2-9-11(15)13(10(14)6-12-9)7-8-4-3-5-16-8/h8-9,12H,2-7H2,1H3. The van der Waals surface area contributed by atoms with E-state index in [0.29, 0.717) is 13.0 Å². The van der Waals surface area contributed by atoms with Crippen LogP contribution in [0.2, 0.25) is 0 Å². The summed E-state index contributed by atoms with van der Waals surface area (Å²) in [5.41, 5.74) is 0. The van der Waals surface area contributed by atoms with Gasteiger partial charge in [-0.1, -0.05) is 6.92 Å². The maximum absolute atomic E-state index is 11.9. The van der Waals surface area contributed by atoms with E-state index in [2.05, 4.69) is 5.32 Å². The summed E-state index contributed by atoms with van der Waals surface area (Å²) in [6.07, 6.45) is 2.73. The minimum absolute atomic E-state index is 0.0449. The largest absolute Gasteiger partial charge is 0.376 e. The van der Waals surface area contributed by atoms with E-state index in [4.69, 9.17) is 4.74 Å². The first-order valence-electron chi connectivity index (χ1n) is 5.91. The first kappa shape index (κ1) is 11.5. The number of piperazine rings is 1. The number of ether oxygens (including phenoxy) is 1. The monoisotopic (exact) mass is 226 g/mol. The van der Waals surface area contributed by atoms with E-state index in [0.717, 1.165) is 19.4 Å². The van der Waals surface area contributed by atoms with E-state index in [-0.39, 0.29) is 30.5 Å². The zero-order chi connectivity index (χ0) is 11.5.